The number of halogens is 1. The first-order valence-electron chi connectivity index (χ1n) is 10.4. The van der Waals surface area contributed by atoms with Crippen molar-refractivity contribution in [1.82, 2.24) is 14.9 Å². The van der Waals surface area contributed by atoms with Gasteiger partial charge in [-0.3, -0.25) is 9.69 Å². The van der Waals surface area contributed by atoms with Crippen LogP contribution in [0.25, 0.3) is 10.9 Å². The summed E-state index contributed by atoms with van der Waals surface area (Å²) < 4.78 is 17.5. The van der Waals surface area contributed by atoms with Crippen LogP contribution in [0.2, 0.25) is 0 Å². The number of fused-ring (bicyclic) bond motifs is 1. The minimum atomic E-state index is -0.238. The molecule has 0 atom stereocenters. The van der Waals surface area contributed by atoms with E-state index in [1.54, 1.807) is 14.0 Å². The van der Waals surface area contributed by atoms with Gasteiger partial charge in [-0.2, -0.15) is 0 Å². The Labute approximate surface area is 196 Å². The summed E-state index contributed by atoms with van der Waals surface area (Å²) in [4.78, 5) is 22.5. The highest BCUT2D eigenvalue weighted by Crippen LogP contribution is 2.35. The van der Waals surface area contributed by atoms with Crippen molar-refractivity contribution in [2.45, 2.75) is 13.8 Å². The Hall–Kier alpha value is -2.91. The monoisotopic (exact) mass is 502 g/mol. The minimum absolute atomic E-state index is 0.233. The van der Waals surface area contributed by atoms with Gasteiger partial charge in [0.25, 0.3) is 0 Å². The highest BCUT2D eigenvalue weighted by Gasteiger charge is 2.14. The molecule has 8 nitrogen and oxygen atoms in total. The predicted molar refractivity (Wildman–Crippen MR) is 128 cm³/mol. The van der Waals surface area contributed by atoms with Crippen molar-refractivity contribution < 1.29 is 19.0 Å². The molecule has 1 aromatic heterocycles. The Morgan fingerprint density at radius 2 is 2.00 bits per heavy atom. The molecule has 0 amide bonds. The molecule has 0 radical (unpaired) electrons. The van der Waals surface area contributed by atoms with E-state index in [0.29, 0.717) is 43.6 Å². The lowest BCUT2D eigenvalue weighted by molar-refractivity contribution is -0.144. The number of benzene rings is 2. The van der Waals surface area contributed by atoms with E-state index in [9.17, 15) is 4.79 Å². The maximum atomic E-state index is 11.8. The zero-order valence-corrected chi connectivity index (χ0v) is 20.0. The third-order valence-corrected chi connectivity index (χ3v) is 5.27. The van der Waals surface area contributed by atoms with Crippen molar-refractivity contribution in [2.24, 2.45) is 0 Å². The Kier molecular flexibility index (Phi) is 8.64. The van der Waals surface area contributed by atoms with Gasteiger partial charge in [0.15, 0.2) is 11.5 Å². The van der Waals surface area contributed by atoms with Crippen molar-refractivity contribution >= 4 is 44.3 Å². The number of anilines is 2. The number of nitrogens with one attached hydrogen (secondary N) is 1. The summed E-state index contributed by atoms with van der Waals surface area (Å²) in [5.41, 5.74) is 1.63. The second-order valence-corrected chi connectivity index (χ2v) is 7.82. The lowest BCUT2D eigenvalue weighted by atomic mass is 10.2. The van der Waals surface area contributed by atoms with Crippen molar-refractivity contribution in [3.8, 4) is 11.5 Å². The molecule has 0 aliphatic rings. The van der Waals surface area contributed by atoms with E-state index in [2.05, 4.69) is 31.2 Å². The van der Waals surface area contributed by atoms with Crippen LogP contribution in [0.5, 0.6) is 11.5 Å². The van der Waals surface area contributed by atoms with Crippen LogP contribution in [0.15, 0.2) is 47.2 Å². The molecule has 0 bridgehead atoms. The summed E-state index contributed by atoms with van der Waals surface area (Å²) in [5.74, 6) is 1.59. The highest BCUT2D eigenvalue weighted by atomic mass is 79.9. The molecule has 2 aromatic carbocycles. The summed E-state index contributed by atoms with van der Waals surface area (Å²) in [6, 6.07) is 11.5. The average molecular weight is 503 g/mol. The van der Waals surface area contributed by atoms with Crippen molar-refractivity contribution in [3.05, 3.63) is 47.2 Å². The molecular weight excluding hydrogens is 476 g/mol. The van der Waals surface area contributed by atoms with Crippen LogP contribution in [-0.2, 0) is 9.53 Å². The Morgan fingerprint density at radius 1 is 1.16 bits per heavy atom. The number of aromatic nitrogens is 2. The van der Waals surface area contributed by atoms with Gasteiger partial charge in [-0.15, -0.1) is 0 Å². The van der Waals surface area contributed by atoms with Gasteiger partial charge in [0.2, 0.25) is 0 Å². The van der Waals surface area contributed by atoms with Gasteiger partial charge in [-0.25, -0.2) is 9.97 Å². The van der Waals surface area contributed by atoms with Crippen LogP contribution < -0.4 is 14.8 Å². The van der Waals surface area contributed by atoms with E-state index >= 15 is 0 Å². The molecule has 0 aliphatic heterocycles. The molecule has 1 heterocycles. The van der Waals surface area contributed by atoms with Crippen LogP contribution in [0, 0.1) is 0 Å². The zero-order valence-electron chi connectivity index (χ0n) is 18.4. The average Bonchev–Trinajstić information content (AvgIpc) is 2.78. The predicted octanol–water partition coefficient (Wildman–Crippen LogP) is 4.41. The van der Waals surface area contributed by atoms with Gasteiger partial charge in [-0.1, -0.05) is 28.9 Å². The Morgan fingerprint density at radius 3 is 2.72 bits per heavy atom. The molecular formula is C23H27BrN4O4. The summed E-state index contributed by atoms with van der Waals surface area (Å²) >= 11 is 3.48. The number of carbonyl (C=O) groups excluding carboxylic acids is 1. The highest BCUT2D eigenvalue weighted by molar-refractivity contribution is 9.10. The van der Waals surface area contributed by atoms with Crippen molar-refractivity contribution in [1.29, 1.82) is 0 Å². The van der Waals surface area contributed by atoms with E-state index in [-0.39, 0.29) is 12.5 Å². The fraction of sp³-hybridized carbons (Fsp3) is 0.348. The van der Waals surface area contributed by atoms with Gasteiger partial charge in [0, 0.05) is 28.2 Å². The van der Waals surface area contributed by atoms with Crippen LogP contribution >= 0.6 is 15.9 Å². The van der Waals surface area contributed by atoms with Gasteiger partial charge in [0.05, 0.1) is 25.8 Å². The van der Waals surface area contributed by atoms with E-state index < -0.39 is 0 Å². The van der Waals surface area contributed by atoms with Crippen molar-refractivity contribution in [2.75, 3.05) is 45.3 Å². The zero-order chi connectivity index (χ0) is 22.9. The summed E-state index contributed by atoms with van der Waals surface area (Å²) in [6.07, 6.45) is 1.51. The standard InChI is InChI=1S/C23H27BrN4O4/c1-4-28(14-22(29)31-5-2)9-10-32-21-12-18-19(13-20(21)30-3)25-15-26-23(18)27-17-8-6-7-16(24)11-17/h6-8,11-13,15H,4-5,9-10,14H2,1-3H3,(H,25,26,27). The molecule has 3 rings (SSSR count). The number of likely N-dealkylation sites (N-methyl/N-ethyl adjacent to an activating group) is 1. The molecule has 0 saturated carbocycles. The second-order valence-electron chi connectivity index (χ2n) is 6.90. The maximum absolute atomic E-state index is 11.8. The number of rotatable bonds is 11. The molecule has 3 aromatic rings. The molecule has 0 aliphatic carbocycles. The number of carbonyl (C=O) groups is 1. The molecule has 0 saturated heterocycles. The fourth-order valence-corrected chi connectivity index (χ4v) is 3.56. The molecule has 0 fully saturated rings. The maximum Gasteiger partial charge on any atom is 0.320 e. The van der Waals surface area contributed by atoms with Gasteiger partial charge < -0.3 is 19.5 Å². The van der Waals surface area contributed by atoms with Crippen LogP contribution in [0.4, 0.5) is 11.5 Å². The Bertz CT molecular complexity index is 1060. The van der Waals surface area contributed by atoms with E-state index in [0.717, 1.165) is 21.1 Å². The fourth-order valence-electron chi connectivity index (χ4n) is 3.16. The van der Waals surface area contributed by atoms with Gasteiger partial charge in [0.1, 0.15) is 18.8 Å². The van der Waals surface area contributed by atoms with Crippen LogP contribution in [0.3, 0.4) is 0 Å². The number of hydrogen-bond acceptors (Lipinski definition) is 8. The quantitative estimate of drug-likeness (QED) is 0.386. The van der Waals surface area contributed by atoms with Gasteiger partial charge in [-0.05, 0) is 37.7 Å². The van der Waals surface area contributed by atoms with Gasteiger partial charge >= 0.3 is 5.97 Å². The largest absolute Gasteiger partial charge is 0.493 e. The lowest BCUT2D eigenvalue weighted by Crippen LogP contribution is -2.34. The van der Waals surface area contributed by atoms with Crippen LogP contribution in [0.1, 0.15) is 13.8 Å². The van der Waals surface area contributed by atoms with E-state index in [1.165, 1.54) is 6.33 Å². The molecule has 0 spiro atoms. The lowest BCUT2D eigenvalue weighted by Gasteiger charge is -2.20. The molecule has 9 heteroatoms. The number of nitrogens with zero attached hydrogens (tertiary/aromatic N) is 3. The minimum Gasteiger partial charge on any atom is -0.493 e. The first-order valence-corrected chi connectivity index (χ1v) is 11.2. The van der Waals surface area contributed by atoms with E-state index in [1.807, 2.05) is 48.2 Å². The molecule has 1 N–H and O–H groups in total. The summed E-state index contributed by atoms with van der Waals surface area (Å²) in [7, 11) is 1.59. The molecule has 0 unspecified atom stereocenters. The molecule has 170 valence electrons. The second kappa shape index (κ2) is 11.6. The Balaban J connectivity index is 1.78. The van der Waals surface area contributed by atoms with Crippen LogP contribution in [-0.4, -0.2) is 60.8 Å². The third kappa shape index (κ3) is 6.30. The summed E-state index contributed by atoms with van der Waals surface area (Å²) in [5, 5.41) is 4.14. The third-order valence-electron chi connectivity index (χ3n) is 4.78. The topological polar surface area (TPSA) is 85.8 Å². The SMILES string of the molecule is CCOC(=O)CN(CC)CCOc1cc2c(Nc3cccc(Br)c3)ncnc2cc1OC. The smallest absolute Gasteiger partial charge is 0.320 e. The first-order chi connectivity index (χ1) is 15.5. The van der Waals surface area contributed by atoms with E-state index in [4.69, 9.17) is 14.2 Å². The normalized spacial score (nSPS) is 10.9. The van der Waals surface area contributed by atoms with Crippen molar-refractivity contribution in [3.63, 3.8) is 0 Å². The summed E-state index contributed by atoms with van der Waals surface area (Å²) in [6.45, 7) is 6.07. The number of methoxy groups -OCH3 is 1. The first kappa shape index (κ1) is 23.7. The number of hydrogen-bond donors (Lipinski definition) is 1. The number of ether oxygens (including phenoxy) is 3. The number of esters is 1. The molecule has 32 heavy (non-hydrogen) atoms.